The van der Waals surface area contributed by atoms with E-state index in [0.717, 1.165) is 18.5 Å². The molecule has 2 N–H and O–H groups in total. The zero-order valence-corrected chi connectivity index (χ0v) is 15.5. The van der Waals surface area contributed by atoms with Crippen LogP contribution in [0, 0.1) is 13.8 Å². The summed E-state index contributed by atoms with van der Waals surface area (Å²) in [5, 5.41) is 5.35. The first-order chi connectivity index (χ1) is 12.9. The lowest BCUT2D eigenvalue weighted by atomic mass is 10.2. The summed E-state index contributed by atoms with van der Waals surface area (Å²) in [5.74, 6) is 0.665. The Bertz CT molecular complexity index is 872. The van der Waals surface area contributed by atoms with Crippen LogP contribution in [0.15, 0.2) is 34.7 Å². The number of anilines is 1. The highest BCUT2D eigenvalue weighted by atomic mass is 16.3. The molecule has 7 heteroatoms. The summed E-state index contributed by atoms with van der Waals surface area (Å²) in [5.41, 5.74) is 2.02. The van der Waals surface area contributed by atoms with Crippen molar-refractivity contribution >= 4 is 23.4 Å². The molecule has 142 valence electrons. The fourth-order valence-electron chi connectivity index (χ4n) is 3.16. The molecule has 0 radical (unpaired) electrons. The van der Waals surface area contributed by atoms with Crippen LogP contribution in [0.2, 0.25) is 0 Å². The molecule has 7 nitrogen and oxygen atoms in total. The highest BCUT2D eigenvalue weighted by molar-refractivity contribution is 5.99. The number of benzene rings is 1. The second kappa shape index (κ2) is 8.07. The summed E-state index contributed by atoms with van der Waals surface area (Å²) in [6.45, 7) is 4.64. The number of aryl methyl sites for hydroxylation is 2. The molecule has 1 aliphatic rings. The maximum Gasteiger partial charge on any atom is 0.255 e. The first-order valence-corrected chi connectivity index (χ1v) is 8.94. The number of furan rings is 1. The molecular weight excluding hydrogens is 346 g/mol. The van der Waals surface area contributed by atoms with Crippen molar-refractivity contribution in [1.82, 2.24) is 10.2 Å². The van der Waals surface area contributed by atoms with Gasteiger partial charge in [0.05, 0.1) is 12.1 Å². The lowest BCUT2D eigenvalue weighted by Crippen LogP contribution is -2.33. The minimum Gasteiger partial charge on any atom is -0.466 e. The predicted molar refractivity (Wildman–Crippen MR) is 100 cm³/mol. The average molecular weight is 369 g/mol. The first-order valence-electron chi connectivity index (χ1n) is 8.94. The first kappa shape index (κ1) is 18.7. The van der Waals surface area contributed by atoms with Crippen molar-refractivity contribution < 1.29 is 18.8 Å². The molecule has 0 bridgehead atoms. The number of carbonyl (C=O) groups is 3. The Labute approximate surface area is 157 Å². The van der Waals surface area contributed by atoms with Gasteiger partial charge in [-0.15, -0.1) is 0 Å². The van der Waals surface area contributed by atoms with Crippen molar-refractivity contribution in [1.29, 1.82) is 0 Å². The highest BCUT2D eigenvalue weighted by Crippen LogP contribution is 2.17. The Hall–Kier alpha value is -3.09. The van der Waals surface area contributed by atoms with Gasteiger partial charge in [0.2, 0.25) is 11.8 Å². The zero-order valence-electron chi connectivity index (χ0n) is 15.5. The number of rotatable bonds is 6. The van der Waals surface area contributed by atoms with E-state index in [1.54, 1.807) is 26.0 Å². The van der Waals surface area contributed by atoms with E-state index in [4.69, 9.17) is 4.42 Å². The maximum absolute atomic E-state index is 12.1. The second-order valence-electron chi connectivity index (χ2n) is 6.68. The van der Waals surface area contributed by atoms with Crippen LogP contribution in [0.4, 0.5) is 5.69 Å². The Kier molecular flexibility index (Phi) is 5.59. The molecule has 0 saturated carbocycles. The lowest BCUT2D eigenvalue weighted by molar-refractivity contribution is -0.128. The Balaban J connectivity index is 1.53. The summed E-state index contributed by atoms with van der Waals surface area (Å²) in [7, 11) is 0. The van der Waals surface area contributed by atoms with E-state index in [2.05, 4.69) is 10.6 Å². The average Bonchev–Trinajstić information content (AvgIpc) is 3.18. The molecule has 2 heterocycles. The van der Waals surface area contributed by atoms with Crippen molar-refractivity contribution in [3.63, 3.8) is 0 Å². The van der Waals surface area contributed by atoms with Crippen molar-refractivity contribution in [2.45, 2.75) is 33.2 Å². The van der Waals surface area contributed by atoms with Crippen molar-refractivity contribution in [3.8, 4) is 0 Å². The van der Waals surface area contributed by atoms with Crippen LogP contribution in [0.1, 0.15) is 40.3 Å². The SMILES string of the molecule is Cc1cc(C(=O)NCC(=O)Nc2cccc(CN3CCCC3=O)c2)c(C)o1. The molecule has 1 aromatic heterocycles. The molecule has 1 saturated heterocycles. The van der Waals surface area contributed by atoms with E-state index < -0.39 is 0 Å². The minimum atomic E-state index is -0.346. The summed E-state index contributed by atoms with van der Waals surface area (Å²) in [6.07, 6.45) is 1.50. The number of hydrogen-bond acceptors (Lipinski definition) is 4. The largest absolute Gasteiger partial charge is 0.466 e. The number of nitrogens with one attached hydrogen (secondary N) is 2. The van der Waals surface area contributed by atoms with Gasteiger partial charge in [-0.05, 0) is 44.0 Å². The third-order valence-electron chi connectivity index (χ3n) is 4.45. The molecule has 2 aromatic rings. The van der Waals surface area contributed by atoms with Gasteiger partial charge < -0.3 is 20.0 Å². The fraction of sp³-hybridized carbons (Fsp3) is 0.350. The second-order valence-corrected chi connectivity index (χ2v) is 6.68. The van der Waals surface area contributed by atoms with Crippen LogP contribution in [0.25, 0.3) is 0 Å². The summed E-state index contributed by atoms with van der Waals surface area (Å²) < 4.78 is 5.32. The standard InChI is InChI=1S/C20H23N3O4/c1-13-9-17(14(2)27-13)20(26)21-11-18(24)22-16-6-3-5-15(10-16)12-23-8-4-7-19(23)25/h3,5-6,9-10H,4,7-8,11-12H2,1-2H3,(H,21,26)(H,22,24). The third kappa shape index (κ3) is 4.75. The molecule has 3 amide bonds. The number of nitrogens with zero attached hydrogens (tertiary/aromatic N) is 1. The van der Waals surface area contributed by atoms with Crippen molar-refractivity contribution in [3.05, 3.63) is 53.0 Å². The molecule has 0 atom stereocenters. The van der Waals surface area contributed by atoms with Gasteiger partial charge in [-0.1, -0.05) is 12.1 Å². The molecule has 0 spiro atoms. The highest BCUT2D eigenvalue weighted by Gasteiger charge is 2.20. The van der Waals surface area contributed by atoms with Crippen LogP contribution in [0.5, 0.6) is 0 Å². The normalized spacial score (nSPS) is 13.7. The molecular formula is C20H23N3O4. The van der Waals surface area contributed by atoms with E-state index >= 15 is 0 Å². The Morgan fingerprint density at radius 3 is 2.70 bits per heavy atom. The summed E-state index contributed by atoms with van der Waals surface area (Å²) in [4.78, 5) is 37.8. The van der Waals surface area contributed by atoms with E-state index in [0.29, 0.717) is 35.7 Å². The Morgan fingerprint density at radius 2 is 2.04 bits per heavy atom. The topological polar surface area (TPSA) is 91.7 Å². The third-order valence-corrected chi connectivity index (χ3v) is 4.45. The smallest absolute Gasteiger partial charge is 0.255 e. The van der Waals surface area contributed by atoms with E-state index in [-0.39, 0.29) is 24.3 Å². The molecule has 3 rings (SSSR count). The minimum absolute atomic E-state index is 0.142. The van der Waals surface area contributed by atoms with Gasteiger partial charge in [0, 0.05) is 25.2 Å². The van der Waals surface area contributed by atoms with Gasteiger partial charge >= 0.3 is 0 Å². The van der Waals surface area contributed by atoms with Crippen LogP contribution in [0.3, 0.4) is 0 Å². The maximum atomic E-state index is 12.1. The number of carbonyl (C=O) groups excluding carboxylic acids is 3. The molecule has 1 aliphatic heterocycles. The van der Waals surface area contributed by atoms with E-state index in [1.165, 1.54) is 0 Å². The van der Waals surface area contributed by atoms with Gasteiger partial charge in [0.25, 0.3) is 5.91 Å². The predicted octanol–water partition coefficient (Wildman–Crippen LogP) is 2.39. The van der Waals surface area contributed by atoms with Crippen molar-refractivity contribution in [2.75, 3.05) is 18.4 Å². The van der Waals surface area contributed by atoms with Gasteiger partial charge in [-0.3, -0.25) is 14.4 Å². The van der Waals surface area contributed by atoms with Gasteiger partial charge in [-0.25, -0.2) is 0 Å². The molecule has 1 fully saturated rings. The van der Waals surface area contributed by atoms with Crippen molar-refractivity contribution in [2.24, 2.45) is 0 Å². The summed E-state index contributed by atoms with van der Waals surface area (Å²) in [6, 6.07) is 9.02. The van der Waals surface area contributed by atoms with Crippen LogP contribution >= 0.6 is 0 Å². The molecule has 27 heavy (non-hydrogen) atoms. The lowest BCUT2D eigenvalue weighted by Gasteiger charge is -2.16. The Morgan fingerprint density at radius 1 is 1.22 bits per heavy atom. The van der Waals surface area contributed by atoms with E-state index in [9.17, 15) is 14.4 Å². The van der Waals surface area contributed by atoms with Crippen LogP contribution in [-0.4, -0.2) is 35.7 Å². The number of hydrogen-bond donors (Lipinski definition) is 2. The van der Waals surface area contributed by atoms with Gasteiger partial charge in [-0.2, -0.15) is 0 Å². The molecule has 0 unspecified atom stereocenters. The zero-order chi connectivity index (χ0) is 19.4. The number of amides is 3. The van der Waals surface area contributed by atoms with Gasteiger partial charge in [0.15, 0.2) is 0 Å². The van der Waals surface area contributed by atoms with Crippen LogP contribution in [-0.2, 0) is 16.1 Å². The van der Waals surface area contributed by atoms with Gasteiger partial charge in [0.1, 0.15) is 11.5 Å². The summed E-state index contributed by atoms with van der Waals surface area (Å²) >= 11 is 0. The molecule has 0 aliphatic carbocycles. The van der Waals surface area contributed by atoms with Crippen LogP contribution < -0.4 is 10.6 Å². The quantitative estimate of drug-likeness (QED) is 0.818. The van der Waals surface area contributed by atoms with E-state index in [1.807, 2.05) is 23.1 Å². The fourth-order valence-corrected chi connectivity index (χ4v) is 3.16. The monoisotopic (exact) mass is 369 g/mol. The molecule has 1 aromatic carbocycles. The number of likely N-dealkylation sites (tertiary alicyclic amines) is 1.